The van der Waals surface area contributed by atoms with Crippen LogP contribution in [0.1, 0.15) is 10.4 Å². The summed E-state index contributed by atoms with van der Waals surface area (Å²) in [6, 6.07) is 5.11. The molecule has 6 heteroatoms. The van der Waals surface area contributed by atoms with Crippen molar-refractivity contribution in [2.24, 2.45) is 5.84 Å². The highest BCUT2D eigenvalue weighted by Crippen LogP contribution is 1.96. The molecule has 3 N–H and O–H groups in total. The highest BCUT2D eigenvalue weighted by molar-refractivity contribution is 5.93. The van der Waals surface area contributed by atoms with E-state index in [1.807, 2.05) is 5.43 Å². The third-order valence-electron chi connectivity index (χ3n) is 1.99. The summed E-state index contributed by atoms with van der Waals surface area (Å²) in [6.07, 6.45) is 2.75. The van der Waals surface area contributed by atoms with Crippen molar-refractivity contribution in [3.05, 3.63) is 46.5 Å². The molecule has 0 radical (unpaired) electrons. The van der Waals surface area contributed by atoms with E-state index in [1.54, 1.807) is 18.2 Å². The fourth-order valence-corrected chi connectivity index (χ4v) is 1.26. The average Bonchev–Trinajstić information content (AvgIpc) is 2.29. The molecule has 2 rings (SSSR count). The van der Waals surface area contributed by atoms with Gasteiger partial charge in [0.05, 0.1) is 0 Å². The van der Waals surface area contributed by atoms with Crippen LogP contribution in [0.4, 0.5) is 0 Å². The first-order valence-electron chi connectivity index (χ1n) is 4.21. The van der Waals surface area contributed by atoms with E-state index in [0.717, 1.165) is 0 Å². The molecular weight excluding hydrogens is 196 g/mol. The summed E-state index contributed by atoms with van der Waals surface area (Å²) in [4.78, 5) is 26.9. The van der Waals surface area contributed by atoms with Crippen molar-refractivity contribution in [2.45, 2.75) is 0 Å². The molecule has 6 nitrogen and oxygen atoms in total. The number of nitrogens with one attached hydrogen (secondary N) is 1. The molecule has 0 saturated carbocycles. The van der Waals surface area contributed by atoms with E-state index >= 15 is 0 Å². The molecule has 0 bridgehead atoms. The first kappa shape index (κ1) is 9.35. The predicted octanol–water partition coefficient (Wildman–Crippen LogP) is -0.702. The Kier molecular flexibility index (Phi) is 2.18. The van der Waals surface area contributed by atoms with Crippen LogP contribution >= 0.6 is 0 Å². The number of aromatic nitrogens is 2. The van der Waals surface area contributed by atoms with Gasteiger partial charge >= 0.3 is 0 Å². The van der Waals surface area contributed by atoms with E-state index in [0.29, 0.717) is 5.65 Å². The molecule has 15 heavy (non-hydrogen) atoms. The number of hydrogen-bond donors (Lipinski definition) is 2. The number of fused-ring (bicyclic) bond motifs is 1. The van der Waals surface area contributed by atoms with Crippen molar-refractivity contribution < 1.29 is 4.79 Å². The number of hydrogen-bond acceptors (Lipinski definition) is 4. The van der Waals surface area contributed by atoms with E-state index in [1.165, 1.54) is 16.8 Å². The van der Waals surface area contributed by atoms with Gasteiger partial charge in [-0.1, -0.05) is 6.07 Å². The van der Waals surface area contributed by atoms with Gasteiger partial charge in [-0.15, -0.1) is 0 Å². The molecule has 0 unspecified atom stereocenters. The molecule has 1 amide bonds. The normalized spacial score (nSPS) is 10.2. The van der Waals surface area contributed by atoms with Gasteiger partial charge in [-0.3, -0.25) is 19.4 Å². The van der Waals surface area contributed by atoms with Crippen LogP contribution in [-0.4, -0.2) is 15.3 Å². The minimum Gasteiger partial charge on any atom is -0.290 e. The smallest absolute Gasteiger partial charge is 0.272 e. The van der Waals surface area contributed by atoms with Gasteiger partial charge in [0.1, 0.15) is 11.2 Å². The van der Waals surface area contributed by atoms with Gasteiger partial charge in [-0.25, -0.2) is 10.8 Å². The van der Waals surface area contributed by atoms with E-state index in [9.17, 15) is 9.59 Å². The quantitative estimate of drug-likeness (QED) is 0.365. The van der Waals surface area contributed by atoms with Crippen molar-refractivity contribution in [2.75, 3.05) is 0 Å². The van der Waals surface area contributed by atoms with Crippen LogP contribution in [0.15, 0.2) is 35.4 Å². The van der Waals surface area contributed by atoms with Crippen molar-refractivity contribution in [1.29, 1.82) is 0 Å². The maximum Gasteiger partial charge on any atom is 0.272 e. The monoisotopic (exact) mass is 204 g/mol. The van der Waals surface area contributed by atoms with Gasteiger partial charge in [-0.2, -0.15) is 0 Å². The standard InChI is InChI=1S/C9H8N4O2/c10-12-8(14)6-5-11-7-3-1-2-4-13(7)9(6)15/h1-5H,10H2,(H,12,14). The summed E-state index contributed by atoms with van der Waals surface area (Å²) in [6.45, 7) is 0. The summed E-state index contributed by atoms with van der Waals surface area (Å²) in [5, 5.41) is 0. The van der Waals surface area contributed by atoms with Crippen molar-refractivity contribution in [1.82, 2.24) is 14.8 Å². The molecule has 2 aromatic heterocycles. The lowest BCUT2D eigenvalue weighted by Gasteiger charge is -2.01. The molecule has 0 saturated heterocycles. The second-order valence-corrected chi connectivity index (χ2v) is 2.88. The van der Waals surface area contributed by atoms with Gasteiger partial charge in [-0.05, 0) is 12.1 Å². The highest BCUT2D eigenvalue weighted by Gasteiger charge is 2.10. The van der Waals surface area contributed by atoms with Crippen LogP contribution in [0.5, 0.6) is 0 Å². The number of pyridine rings is 1. The summed E-state index contributed by atoms with van der Waals surface area (Å²) in [5.74, 6) is 4.29. The second-order valence-electron chi connectivity index (χ2n) is 2.88. The number of hydrazine groups is 1. The summed E-state index contributed by atoms with van der Waals surface area (Å²) >= 11 is 0. The van der Waals surface area contributed by atoms with Gasteiger partial charge in [0, 0.05) is 12.4 Å². The van der Waals surface area contributed by atoms with Crippen LogP contribution in [0.3, 0.4) is 0 Å². The highest BCUT2D eigenvalue weighted by atomic mass is 16.2. The fraction of sp³-hybridized carbons (Fsp3) is 0. The molecular formula is C9H8N4O2. The molecule has 2 heterocycles. The van der Waals surface area contributed by atoms with E-state index in [-0.39, 0.29) is 5.56 Å². The van der Waals surface area contributed by atoms with Crippen LogP contribution in [-0.2, 0) is 0 Å². The largest absolute Gasteiger partial charge is 0.290 e. The first-order valence-corrected chi connectivity index (χ1v) is 4.21. The summed E-state index contributed by atoms with van der Waals surface area (Å²) in [7, 11) is 0. The van der Waals surface area contributed by atoms with E-state index < -0.39 is 11.5 Å². The fourth-order valence-electron chi connectivity index (χ4n) is 1.26. The predicted molar refractivity (Wildman–Crippen MR) is 53.1 cm³/mol. The Morgan fingerprint density at radius 3 is 3.00 bits per heavy atom. The number of rotatable bonds is 1. The lowest BCUT2D eigenvalue weighted by molar-refractivity contribution is 0.0951. The zero-order valence-electron chi connectivity index (χ0n) is 7.68. The molecule has 0 spiro atoms. The molecule has 0 aliphatic carbocycles. The maximum absolute atomic E-state index is 11.7. The molecule has 0 atom stereocenters. The number of nitrogens with two attached hydrogens (primary N) is 1. The third-order valence-corrected chi connectivity index (χ3v) is 1.99. The SMILES string of the molecule is NNC(=O)c1cnc2ccccn2c1=O. The van der Waals surface area contributed by atoms with E-state index in [4.69, 9.17) is 5.84 Å². The topological polar surface area (TPSA) is 89.5 Å². The Balaban J connectivity index is 2.76. The molecule has 76 valence electrons. The molecule has 2 aromatic rings. The minimum atomic E-state index is -0.647. The maximum atomic E-state index is 11.7. The summed E-state index contributed by atoms with van der Waals surface area (Å²) in [5.41, 5.74) is 1.85. The van der Waals surface area contributed by atoms with Crippen molar-refractivity contribution >= 4 is 11.6 Å². The number of carbonyl (C=O) groups excluding carboxylic acids is 1. The minimum absolute atomic E-state index is 0.0822. The second kappa shape index (κ2) is 3.50. The Labute approximate surface area is 84.3 Å². The molecule has 0 aliphatic heterocycles. The Morgan fingerprint density at radius 2 is 2.27 bits per heavy atom. The Bertz CT molecular complexity index is 576. The zero-order chi connectivity index (χ0) is 10.8. The van der Waals surface area contributed by atoms with Gasteiger partial charge in [0.2, 0.25) is 0 Å². The van der Waals surface area contributed by atoms with Crippen LogP contribution < -0.4 is 16.8 Å². The molecule has 0 aliphatic rings. The van der Waals surface area contributed by atoms with Crippen molar-refractivity contribution in [3.8, 4) is 0 Å². The van der Waals surface area contributed by atoms with E-state index in [2.05, 4.69) is 4.98 Å². The van der Waals surface area contributed by atoms with Crippen LogP contribution in [0.2, 0.25) is 0 Å². The Hall–Kier alpha value is -2.21. The number of nitrogens with zero attached hydrogens (tertiary/aromatic N) is 2. The zero-order valence-corrected chi connectivity index (χ0v) is 7.68. The average molecular weight is 204 g/mol. The lowest BCUT2D eigenvalue weighted by atomic mass is 10.3. The molecule has 0 aromatic carbocycles. The van der Waals surface area contributed by atoms with Crippen molar-refractivity contribution in [3.63, 3.8) is 0 Å². The summed E-state index contributed by atoms with van der Waals surface area (Å²) < 4.78 is 1.28. The number of carbonyl (C=O) groups is 1. The first-order chi connectivity index (χ1) is 7.24. The lowest BCUT2D eigenvalue weighted by Crippen LogP contribution is -2.35. The van der Waals surface area contributed by atoms with Crippen LogP contribution in [0, 0.1) is 0 Å². The third kappa shape index (κ3) is 1.46. The van der Waals surface area contributed by atoms with Gasteiger partial charge < -0.3 is 0 Å². The Morgan fingerprint density at radius 1 is 1.47 bits per heavy atom. The van der Waals surface area contributed by atoms with Gasteiger partial charge in [0.15, 0.2) is 0 Å². The van der Waals surface area contributed by atoms with Gasteiger partial charge in [0.25, 0.3) is 11.5 Å². The molecule has 0 fully saturated rings. The number of amides is 1. The number of nitrogen functional groups attached to an aromatic ring is 1. The van der Waals surface area contributed by atoms with Crippen LogP contribution in [0.25, 0.3) is 5.65 Å².